The number of carbonyl (C=O) groups is 2. The molecule has 0 saturated carbocycles. The maximum atomic E-state index is 14.5. The number of nitrogens with zero attached hydrogens (tertiary/aromatic N) is 1. The van der Waals surface area contributed by atoms with Crippen LogP contribution in [0.15, 0.2) is 108 Å². The first-order chi connectivity index (χ1) is 23.1. The van der Waals surface area contributed by atoms with Crippen LogP contribution in [0.3, 0.4) is 0 Å². The van der Waals surface area contributed by atoms with Crippen LogP contribution >= 0.6 is 11.6 Å². The minimum absolute atomic E-state index is 0.0349. The highest BCUT2D eigenvalue weighted by atomic mass is 35.5. The van der Waals surface area contributed by atoms with Gasteiger partial charge in [-0.15, -0.1) is 0 Å². The van der Waals surface area contributed by atoms with E-state index >= 15 is 0 Å². The van der Waals surface area contributed by atoms with Gasteiger partial charge in [-0.25, -0.2) is 4.99 Å². The summed E-state index contributed by atoms with van der Waals surface area (Å²) in [6, 6.07) is 32.4. The van der Waals surface area contributed by atoms with Crippen LogP contribution in [0.4, 0.5) is 0 Å². The van der Waals surface area contributed by atoms with Crippen LogP contribution in [0.1, 0.15) is 62.8 Å². The van der Waals surface area contributed by atoms with Crippen LogP contribution in [-0.2, 0) is 25.6 Å². The third-order valence-corrected chi connectivity index (χ3v) is 8.25. The second-order valence-corrected chi connectivity index (χ2v) is 13.0. The van der Waals surface area contributed by atoms with E-state index in [2.05, 4.69) is 5.32 Å². The highest BCUT2D eigenvalue weighted by molar-refractivity contribution is 6.31. The van der Waals surface area contributed by atoms with Gasteiger partial charge in [-0.05, 0) is 79.8 Å². The van der Waals surface area contributed by atoms with Gasteiger partial charge in [-0.3, -0.25) is 9.59 Å². The summed E-state index contributed by atoms with van der Waals surface area (Å²) in [4.78, 5) is 32.5. The Morgan fingerprint density at radius 3 is 2.21 bits per heavy atom. The Balaban J connectivity index is 1.53. The topological polar surface area (TPSA) is 106 Å². The Morgan fingerprint density at radius 2 is 1.54 bits per heavy atom. The molecule has 0 fully saturated rings. The molecule has 2 atom stereocenters. The number of esters is 1. The largest absolute Gasteiger partial charge is 0.494 e. The number of aliphatic hydroxyl groups is 1. The van der Waals surface area contributed by atoms with Crippen LogP contribution in [0.25, 0.3) is 11.1 Å². The fourth-order valence-corrected chi connectivity index (χ4v) is 5.71. The van der Waals surface area contributed by atoms with E-state index in [0.29, 0.717) is 29.4 Å². The third-order valence-electron chi connectivity index (χ3n) is 7.88. The van der Waals surface area contributed by atoms with Crippen molar-refractivity contribution >= 4 is 29.4 Å². The number of hydrogen-bond acceptors (Lipinski definition) is 7. The molecule has 0 aliphatic carbocycles. The number of halogens is 1. The fourth-order valence-electron chi connectivity index (χ4n) is 5.51. The van der Waals surface area contributed by atoms with Crippen LogP contribution in [0.5, 0.6) is 5.75 Å². The molecule has 9 heteroatoms. The highest BCUT2D eigenvalue weighted by Crippen LogP contribution is 2.44. The van der Waals surface area contributed by atoms with Gasteiger partial charge < -0.3 is 24.6 Å². The summed E-state index contributed by atoms with van der Waals surface area (Å²) in [7, 11) is 0. The van der Waals surface area contributed by atoms with Gasteiger partial charge in [0.05, 0.1) is 6.61 Å². The highest BCUT2D eigenvalue weighted by Gasteiger charge is 2.53. The van der Waals surface area contributed by atoms with E-state index in [-0.39, 0.29) is 31.9 Å². The summed E-state index contributed by atoms with van der Waals surface area (Å²) < 4.78 is 17.9. The van der Waals surface area contributed by atoms with Crippen molar-refractivity contribution in [2.24, 2.45) is 4.99 Å². The average molecular weight is 669 g/mol. The quantitative estimate of drug-likeness (QED) is 0.113. The minimum atomic E-state index is -1.52. The molecule has 0 spiro atoms. The van der Waals surface area contributed by atoms with Gasteiger partial charge in [-0.2, -0.15) is 0 Å². The van der Waals surface area contributed by atoms with Gasteiger partial charge in [0.2, 0.25) is 5.90 Å². The van der Waals surface area contributed by atoms with Gasteiger partial charge in [0, 0.05) is 36.6 Å². The number of amides is 1. The average Bonchev–Trinajstić information content (AvgIpc) is 3.48. The SMILES string of the molecule is CC(C)(C)OC(=O)CC[C@@]1(C(=O)NCc2ccccc2Cl)N=C(c2ccc(OCCCO)cc2)O[C@@H]1c1ccc(-c2ccccc2)cc1. The smallest absolute Gasteiger partial charge is 0.306 e. The molecule has 0 bridgehead atoms. The Kier molecular flexibility index (Phi) is 11.2. The van der Waals surface area contributed by atoms with E-state index in [0.717, 1.165) is 22.3 Å². The minimum Gasteiger partial charge on any atom is -0.494 e. The molecule has 250 valence electrons. The fraction of sp³-hybridized carbons (Fsp3) is 0.308. The van der Waals surface area contributed by atoms with Crippen molar-refractivity contribution in [1.29, 1.82) is 0 Å². The predicted octanol–water partition coefficient (Wildman–Crippen LogP) is 7.46. The first-order valence-electron chi connectivity index (χ1n) is 16.1. The lowest BCUT2D eigenvalue weighted by atomic mass is 9.83. The molecule has 0 radical (unpaired) electrons. The van der Waals surface area contributed by atoms with E-state index in [9.17, 15) is 9.59 Å². The number of rotatable bonds is 13. The lowest BCUT2D eigenvalue weighted by Crippen LogP contribution is -2.48. The summed E-state index contributed by atoms with van der Waals surface area (Å²) in [5.74, 6) is 0.0627. The number of ether oxygens (including phenoxy) is 3. The Hall–Kier alpha value is -4.66. The first-order valence-corrected chi connectivity index (χ1v) is 16.5. The number of hydrogen-bond donors (Lipinski definition) is 2. The molecule has 0 unspecified atom stereocenters. The van der Waals surface area contributed by atoms with E-state index in [4.69, 9.17) is 35.9 Å². The van der Waals surface area contributed by atoms with Gasteiger partial charge in [0.1, 0.15) is 11.4 Å². The van der Waals surface area contributed by atoms with Crippen LogP contribution in [-0.4, -0.2) is 47.2 Å². The second-order valence-electron chi connectivity index (χ2n) is 12.6. The third kappa shape index (κ3) is 8.62. The standard InChI is InChI=1S/C39H41ClN2O6/c1-38(2,3)48-34(44)22-23-39(37(45)41-26-31-12-7-8-13-33(31)40)35(29-16-14-28(15-17-29)27-10-5-4-6-11-27)47-36(42-39)30-18-20-32(21-19-30)46-25-9-24-43/h4-8,10-21,35,43H,9,22-26H2,1-3H3,(H,41,45)/t35-,39-/m1/s1. The van der Waals surface area contributed by atoms with Crippen molar-refractivity contribution in [3.05, 3.63) is 125 Å². The molecular weight excluding hydrogens is 628 g/mol. The monoisotopic (exact) mass is 668 g/mol. The molecule has 1 amide bonds. The Labute approximate surface area is 286 Å². The molecule has 0 saturated heterocycles. The van der Waals surface area contributed by atoms with Crippen molar-refractivity contribution in [1.82, 2.24) is 5.32 Å². The van der Waals surface area contributed by atoms with Crippen molar-refractivity contribution in [3.63, 3.8) is 0 Å². The maximum Gasteiger partial charge on any atom is 0.306 e. The molecular formula is C39H41ClN2O6. The zero-order valence-electron chi connectivity index (χ0n) is 27.4. The summed E-state index contributed by atoms with van der Waals surface area (Å²) in [5.41, 5.74) is 1.99. The molecule has 4 aromatic carbocycles. The van der Waals surface area contributed by atoms with Gasteiger partial charge in [0.15, 0.2) is 11.6 Å². The Morgan fingerprint density at radius 1 is 0.896 bits per heavy atom. The number of carbonyl (C=O) groups excluding carboxylic acids is 2. The lowest BCUT2D eigenvalue weighted by Gasteiger charge is -2.31. The van der Waals surface area contributed by atoms with Crippen molar-refractivity contribution in [2.75, 3.05) is 13.2 Å². The molecule has 0 aromatic heterocycles. The molecule has 1 heterocycles. The van der Waals surface area contributed by atoms with Crippen LogP contribution < -0.4 is 10.1 Å². The molecule has 8 nitrogen and oxygen atoms in total. The maximum absolute atomic E-state index is 14.5. The zero-order valence-corrected chi connectivity index (χ0v) is 28.2. The molecule has 48 heavy (non-hydrogen) atoms. The van der Waals surface area contributed by atoms with E-state index in [1.54, 1.807) is 39.0 Å². The van der Waals surface area contributed by atoms with Crippen LogP contribution in [0.2, 0.25) is 5.02 Å². The van der Waals surface area contributed by atoms with E-state index < -0.39 is 29.1 Å². The summed E-state index contributed by atoms with van der Waals surface area (Å²) in [5, 5.41) is 12.7. The lowest BCUT2D eigenvalue weighted by molar-refractivity contribution is -0.155. The van der Waals surface area contributed by atoms with Crippen molar-refractivity contribution < 1.29 is 28.9 Å². The van der Waals surface area contributed by atoms with E-state index in [1.165, 1.54) is 0 Å². The Bertz CT molecular complexity index is 1720. The van der Waals surface area contributed by atoms with E-state index in [1.807, 2.05) is 84.9 Å². The second kappa shape index (κ2) is 15.5. The van der Waals surface area contributed by atoms with Crippen molar-refractivity contribution in [2.45, 2.75) is 63.8 Å². The number of benzene rings is 4. The normalized spacial score (nSPS) is 17.3. The number of nitrogens with one attached hydrogen (secondary N) is 1. The molecule has 1 aliphatic heterocycles. The zero-order chi connectivity index (χ0) is 34.1. The molecule has 4 aromatic rings. The molecule has 5 rings (SSSR count). The molecule has 2 N–H and O–H groups in total. The first kappa shape index (κ1) is 34.7. The molecule has 1 aliphatic rings. The van der Waals surface area contributed by atoms with Crippen LogP contribution in [0, 0.1) is 0 Å². The van der Waals surface area contributed by atoms with Gasteiger partial charge in [0.25, 0.3) is 5.91 Å². The van der Waals surface area contributed by atoms with Gasteiger partial charge >= 0.3 is 5.97 Å². The summed E-state index contributed by atoms with van der Waals surface area (Å²) in [6.07, 6.45) is -0.363. The predicted molar refractivity (Wildman–Crippen MR) is 187 cm³/mol. The van der Waals surface area contributed by atoms with Crippen molar-refractivity contribution in [3.8, 4) is 16.9 Å². The summed E-state index contributed by atoms with van der Waals surface area (Å²) >= 11 is 6.42. The summed E-state index contributed by atoms with van der Waals surface area (Å²) in [6.45, 7) is 6.01. The van der Waals surface area contributed by atoms with Gasteiger partial charge in [-0.1, -0.05) is 84.4 Å². The number of aliphatic imine (C=N–C) groups is 1. The number of aliphatic hydroxyl groups excluding tert-OH is 1.